The Morgan fingerprint density at radius 1 is 1.18 bits per heavy atom. The highest BCUT2D eigenvalue weighted by Crippen LogP contribution is 2.32. The highest BCUT2D eigenvalue weighted by atomic mass is 16.3. The van der Waals surface area contributed by atoms with Gasteiger partial charge in [0.2, 0.25) is 0 Å². The number of hydrogen-bond acceptors (Lipinski definition) is 1. The topological polar surface area (TPSA) is 20.2 Å². The molecule has 0 aromatic heterocycles. The molecule has 0 aromatic carbocycles. The highest BCUT2D eigenvalue weighted by molar-refractivity contribution is 4.74. The molecule has 0 amide bonds. The van der Waals surface area contributed by atoms with Crippen molar-refractivity contribution in [3.63, 3.8) is 0 Å². The third-order valence-corrected chi connectivity index (χ3v) is 2.96. The van der Waals surface area contributed by atoms with Crippen LogP contribution >= 0.6 is 0 Å². The van der Waals surface area contributed by atoms with E-state index in [1.165, 1.54) is 38.5 Å². The predicted octanol–water partition coefficient (Wildman–Crippen LogP) is 2.59. The lowest BCUT2D eigenvalue weighted by molar-refractivity contribution is 0.128. The van der Waals surface area contributed by atoms with E-state index in [0.717, 1.165) is 5.92 Å². The maximum absolute atomic E-state index is 9.09. The Bertz CT molecular complexity index is 99.0. The molecule has 1 saturated carbocycles. The minimum absolute atomic E-state index is 0.421. The summed E-state index contributed by atoms with van der Waals surface area (Å²) in [5.74, 6) is 1.46. The lowest BCUT2D eigenvalue weighted by Crippen LogP contribution is -2.22. The largest absolute Gasteiger partial charge is 0.396 e. The summed E-state index contributed by atoms with van der Waals surface area (Å²) in [7, 11) is 0. The van der Waals surface area contributed by atoms with Crippen LogP contribution in [0.5, 0.6) is 0 Å². The van der Waals surface area contributed by atoms with Gasteiger partial charge in [-0.3, -0.25) is 0 Å². The Labute approximate surface area is 69.8 Å². The summed E-state index contributed by atoms with van der Waals surface area (Å²) in [5, 5.41) is 9.09. The van der Waals surface area contributed by atoms with Crippen molar-refractivity contribution in [2.24, 2.45) is 11.8 Å². The predicted molar refractivity (Wildman–Crippen MR) is 47.4 cm³/mol. The molecule has 1 heteroatoms. The van der Waals surface area contributed by atoms with E-state index in [4.69, 9.17) is 5.11 Å². The molecular formula is C10H20O. The number of aliphatic hydroxyl groups excluding tert-OH is 1. The quantitative estimate of drug-likeness (QED) is 0.666. The van der Waals surface area contributed by atoms with E-state index < -0.39 is 0 Å². The zero-order chi connectivity index (χ0) is 8.10. The molecule has 0 saturated heterocycles. The molecule has 0 radical (unpaired) electrons. The third-order valence-electron chi connectivity index (χ3n) is 2.96. The maximum atomic E-state index is 9.09. The molecule has 1 rings (SSSR count). The first-order chi connectivity index (χ1) is 5.38. The van der Waals surface area contributed by atoms with Crippen LogP contribution < -0.4 is 0 Å². The number of aliphatic hydroxyl groups is 1. The number of rotatable bonds is 3. The maximum Gasteiger partial charge on any atom is 0.0461 e. The first-order valence-corrected chi connectivity index (χ1v) is 4.99. The molecule has 1 fully saturated rings. The van der Waals surface area contributed by atoms with Crippen LogP contribution in [0, 0.1) is 11.8 Å². The fraction of sp³-hybridized carbons (Fsp3) is 1.00. The van der Waals surface area contributed by atoms with Gasteiger partial charge >= 0.3 is 0 Å². The van der Waals surface area contributed by atoms with Crippen molar-refractivity contribution in [2.45, 2.75) is 45.4 Å². The van der Waals surface area contributed by atoms with Crippen LogP contribution in [0.25, 0.3) is 0 Å². The Hall–Kier alpha value is -0.0400. The first kappa shape index (κ1) is 9.05. The lowest BCUT2D eigenvalue weighted by atomic mass is 9.77. The summed E-state index contributed by atoms with van der Waals surface area (Å²) in [6.45, 7) is 2.66. The van der Waals surface area contributed by atoms with Gasteiger partial charge in [-0.05, 0) is 18.3 Å². The normalized spacial score (nSPS) is 32.2. The molecule has 0 heterocycles. The van der Waals surface area contributed by atoms with Crippen LogP contribution in [0.3, 0.4) is 0 Å². The van der Waals surface area contributed by atoms with Gasteiger partial charge in [0.15, 0.2) is 0 Å². The zero-order valence-corrected chi connectivity index (χ0v) is 7.55. The monoisotopic (exact) mass is 156 g/mol. The van der Waals surface area contributed by atoms with Crippen molar-refractivity contribution < 1.29 is 5.11 Å². The fourth-order valence-electron chi connectivity index (χ4n) is 2.28. The first-order valence-electron chi connectivity index (χ1n) is 4.99. The number of hydrogen-bond donors (Lipinski definition) is 1. The van der Waals surface area contributed by atoms with Crippen molar-refractivity contribution in [1.82, 2.24) is 0 Å². The SMILES string of the molecule is CCC[C@H]1CCCC[C@H]1CO. The Balaban J connectivity index is 2.31. The van der Waals surface area contributed by atoms with E-state index >= 15 is 0 Å². The molecule has 66 valence electrons. The van der Waals surface area contributed by atoms with Gasteiger partial charge in [0.05, 0.1) is 0 Å². The van der Waals surface area contributed by atoms with Crippen LogP contribution in [0.15, 0.2) is 0 Å². The van der Waals surface area contributed by atoms with Gasteiger partial charge in [0, 0.05) is 6.61 Å². The Kier molecular flexibility index (Phi) is 3.92. The molecule has 0 bridgehead atoms. The molecule has 2 atom stereocenters. The molecular weight excluding hydrogens is 136 g/mol. The highest BCUT2D eigenvalue weighted by Gasteiger charge is 2.22. The van der Waals surface area contributed by atoms with E-state index in [0.29, 0.717) is 12.5 Å². The molecule has 1 aliphatic carbocycles. The second-order valence-electron chi connectivity index (χ2n) is 3.78. The van der Waals surface area contributed by atoms with Crippen LogP contribution in [0.1, 0.15) is 45.4 Å². The molecule has 1 nitrogen and oxygen atoms in total. The summed E-state index contributed by atoms with van der Waals surface area (Å²) in [6, 6.07) is 0. The van der Waals surface area contributed by atoms with Crippen molar-refractivity contribution in [3.8, 4) is 0 Å². The van der Waals surface area contributed by atoms with Gasteiger partial charge in [-0.15, -0.1) is 0 Å². The average molecular weight is 156 g/mol. The van der Waals surface area contributed by atoms with Crippen LogP contribution in [-0.4, -0.2) is 11.7 Å². The van der Waals surface area contributed by atoms with Crippen molar-refractivity contribution in [2.75, 3.05) is 6.61 Å². The third kappa shape index (κ3) is 2.48. The lowest BCUT2D eigenvalue weighted by Gasteiger charge is -2.29. The molecule has 1 aliphatic rings. The van der Waals surface area contributed by atoms with Gasteiger partial charge in [0.25, 0.3) is 0 Å². The smallest absolute Gasteiger partial charge is 0.0461 e. The standard InChI is InChI=1S/C10H20O/c1-2-5-9-6-3-4-7-10(9)8-11/h9-11H,2-8H2,1H3/t9-,10-/m0/s1. The van der Waals surface area contributed by atoms with Gasteiger partial charge in [0.1, 0.15) is 0 Å². The van der Waals surface area contributed by atoms with Crippen molar-refractivity contribution in [1.29, 1.82) is 0 Å². The summed E-state index contributed by atoms with van der Waals surface area (Å²) >= 11 is 0. The van der Waals surface area contributed by atoms with Gasteiger partial charge < -0.3 is 5.11 Å². The van der Waals surface area contributed by atoms with E-state index in [1.807, 2.05) is 0 Å². The molecule has 1 N–H and O–H groups in total. The molecule has 0 aromatic rings. The Morgan fingerprint density at radius 3 is 2.36 bits per heavy atom. The second-order valence-corrected chi connectivity index (χ2v) is 3.78. The zero-order valence-electron chi connectivity index (χ0n) is 7.55. The van der Waals surface area contributed by atoms with E-state index in [1.54, 1.807) is 0 Å². The van der Waals surface area contributed by atoms with Crippen molar-refractivity contribution in [3.05, 3.63) is 0 Å². The molecule has 0 spiro atoms. The van der Waals surface area contributed by atoms with Crippen LogP contribution in [0.4, 0.5) is 0 Å². The van der Waals surface area contributed by atoms with E-state index in [-0.39, 0.29) is 0 Å². The van der Waals surface area contributed by atoms with Crippen LogP contribution in [-0.2, 0) is 0 Å². The fourth-order valence-corrected chi connectivity index (χ4v) is 2.28. The summed E-state index contributed by atoms with van der Waals surface area (Å²) in [5.41, 5.74) is 0. The van der Waals surface area contributed by atoms with E-state index in [2.05, 4.69) is 6.92 Å². The minimum Gasteiger partial charge on any atom is -0.396 e. The summed E-state index contributed by atoms with van der Waals surface area (Å²) < 4.78 is 0. The van der Waals surface area contributed by atoms with E-state index in [9.17, 15) is 0 Å². The van der Waals surface area contributed by atoms with Gasteiger partial charge in [-0.25, -0.2) is 0 Å². The minimum atomic E-state index is 0.421. The molecule has 0 unspecified atom stereocenters. The Morgan fingerprint density at radius 2 is 1.82 bits per heavy atom. The van der Waals surface area contributed by atoms with Gasteiger partial charge in [-0.2, -0.15) is 0 Å². The summed E-state index contributed by atoms with van der Waals surface area (Å²) in [6.07, 6.45) is 7.96. The van der Waals surface area contributed by atoms with Gasteiger partial charge in [-0.1, -0.05) is 39.0 Å². The average Bonchev–Trinajstić information content (AvgIpc) is 2.06. The molecule has 11 heavy (non-hydrogen) atoms. The second kappa shape index (κ2) is 4.76. The van der Waals surface area contributed by atoms with Crippen LogP contribution in [0.2, 0.25) is 0 Å². The summed E-state index contributed by atoms with van der Waals surface area (Å²) in [4.78, 5) is 0. The molecule has 0 aliphatic heterocycles. The van der Waals surface area contributed by atoms with Crippen molar-refractivity contribution >= 4 is 0 Å².